The van der Waals surface area contributed by atoms with Gasteiger partial charge in [0.25, 0.3) is 17.4 Å². The molecular formula is C20H19FN4O5. The molecule has 3 aromatic rings. The van der Waals surface area contributed by atoms with Crippen molar-refractivity contribution in [3.63, 3.8) is 0 Å². The highest BCUT2D eigenvalue weighted by Gasteiger charge is 2.17. The van der Waals surface area contributed by atoms with Gasteiger partial charge >= 0.3 is 0 Å². The number of fused-ring (bicyclic) bond motifs is 1. The summed E-state index contributed by atoms with van der Waals surface area (Å²) < 4.78 is 13.1. The van der Waals surface area contributed by atoms with E-state index in [2.05, 4.69) is 15.6 Å². The minimum absolute atomic E-state index is 0.0360. The van der Waals surface area contributed by atoms with Crippen LogP contribution >= 0.6 is 0 Å². The Morgan fingerprint density at radius 2 is 1.90 bits per heavy atom. The average molecular weight is 414 g/mol. The van der Waals surface area contributed by atoms with Gasteiger partial charge in [-0.25, -0.2) is 4.39 Å². The Morgan fingerprint density at radius 3 is 2.60 bits per heavy atom. The van der Waals surface area contributed by atoms with Crippen molar-refractivity contribution in [3.05, 3.63) is 69.8 Å². The summed E-state index contributed by atoms with van der Waals surface area (Å²) >= 11 is 0. The third-order valence-electron chi connectivity index (χ3n) is 4.41. The van der Waals surface area contributed by atoms with Crippen LogP contribution in [-0.2, 0) is 0 Å². The first kappa shape index (κ1) is 20.8. The van der Waals surface area contributed by atoms with Crippen molar-refractivity contribution in [1.29, 1.82) is 0 Å². The number of aromatic amines is 1. The van der Waals surface area contributed by atoms with Gasteiger partial charge in [0.2, 0.25) is 0 Å². The van der Waals surface area contributed by atoms with Crippen LogP contribution in [0.3, 0.4) is 0 Å². The van der Waals surface area contributed by atoms with Gasteiger partial charge in [0.15, 0.2) is 0 Å². The summed E-state index contributed by atoms with van der Waals surface area (Å²) in [5, 5.41) is 24.8. The van der Waals surface area contributed by atoms with E-state index in [0.29, 0.717) is 5.52 Å². The van der Waals surface area contributed by atoms with Crippen LogP contribution in [0.15, 0.2) is 47.3 Å². The summed E-state index contributed by atoms with van der Waals surface area (Å²) in [6.07, 6.45) is 0. The van der Waals surface area contributed by atoms with E-state index in [9.17, 15) is 29.0 Å². The molecule has 10 heteroatoms. The highest BCUT2D eigenvalue weighted by Crippen LogP contribution is 2.22. The van der Waals surface area contributed by atoms with Crippen LogP contribution in [0.2, 0.25) is 0 Å². The van der Waals surface area contributed by atoms with Gasteiger partial charge in [-0.2, -0.15) is 0 Å². The van der Waals surface area contributed by atoms with Gasteiger partial charge in [-0.1, -0.05) is 0 Å². The van der Waals surface area contributed by atoms with Crippen molar-refractivity contribution in [3.8, 4) is 5.75 Å². The zero-order chi connectivity index (χ0) is 21.8. The third kappa shape index (κ3) is 4.55. The molecule has 7 N–H and O–H groups in total. The van der Waals surface area contributed by atoms with Crippen LogP contribution in [0.1, 0.15) is 20.7 Å². The Kier molecular flexibility index (Phi) is 5.98. The number of halogens is 1. The number of carbonyl (C=O) groups is 2. The molecule has 0 bridgehead atoms. The molecule has 1 atom stereocenters. The highest BCUT2D eigenvalue weighted by molar-refractivity contribution is 6.00. The lowest BCUT2D eigenvalue weighted by Gasteiger charge is -2.17. The molecule has 0 spiro atoms. The number of aliphatic hydroxyl groups excluding tert-OH is 1. The molecule has 0 fully saturated rings. The summed E-state index contributed by atoms with van der Waals surface area (Å²) in [6.45, 7) is -0.568. The van der Waals surface area contributed by atoms with Gasteiger partial charge < -0.3 is 31.6 Å². The smallest absolute Gasteiger partial charge is 0.253 e. The fourth-order valence-corrected chi connectivity index (χ4v) is 2.86. The lowest BCUT2D eigenvalue weighted by atomic mass is 10.1. The van der Waals surface area contributed by atoms with Crippen molar-refractivity contribution in [2.75, 3.05) is 18.9 Å². The van der Waals surface area contributed by atoms with E-state index in [1.807, 2.05) is 0 Å². The number of hydrogen-bond acceptors (Lipinski definition) is 6. The normalized spacial score (nSPS) is 11.8. The first-order valence-corrected chi connectivity index (χ1v) is 8.89. The SMILES string of the molecule is Nc1cc(F)ccc1C(=O)NC[C@H](CO)NC(=O)c1ccc2[nH]c(=O)cc(O)c2c1. The van der Waals surface area contributed by atoms with Gasteiger partial charge in [-0.3, -0.25) is 14.4 Å². The number of rotatable bonds is 6. The number of benzene rings is 2. The summed E-state index contributed by atoms with van der Waals surface area (Å²) in [5.41, 5.74) is 5.72. The molecule has 9 nitrogen and oxygen atoms in total. The standard InChI is InChI=1S/C20H19FN4O5/c21-11-2-3-13(15(22)6-11)20(30)23-8-12(9-26)24-19(29)10-1-4-16-14(5-10)17(27)7-18(28)25-16/h1-7,12,26H,8-9,22H2,(H,23,30)(H,24,29)(H2,25,27,28)/t12-/m1/s1. The van der Waals surface area contributed by atoms with E-state index >= 15 is 0 Å². The average Bonchev–Trinajstić information content (AvgIpc) is 2.70. The van der Waals surface area contributed by atoms with Crippen LogP contribution < -0.4 is 21.9 Å². The fourth-order valence-electron chi connectivity index (χ4n) is 2.86. The monoisotopic (exact) mass is 414 g/mol. The lowest BCUT2D eigenvalue weighted by molar-refractivity contribution is 0.0888. The number of aromatic hydroxyl groups is 1. The number of hydrogen-bond donors (Lipinski definition) is 6. The number of amides is 2. The van der Waals surface area contributed by atoms with Crippen molar-refractivity contribution in [2.24, 2.45) is 0 Å². The topological polar surface area (TPSA) is 158 Å². The maximum Gasteiger partial charge on any atom is 0.253 e. The Morgan fingerprint density at radius 1 is 1.13 bits per heavy atom. The second-order valence-corrected chi connectivity index (χ2v) is 6.57. The zero-order valence-electron chi connectivity index (χ0n) is 15.6. The van der Waals surface area contributed by atoms with E-state index in [4.69, 9.17) is 5.73 Å². The van der Waals surface area contributed by atoms with Crippen LogP contribution in [0, 0.1) is 5.82 Å². The van der Waals surface area contributed by atoms with Gasteiger partial charge in [0.1, 0.15) is 11.6 Å². The molecule has 0 aliphatic heterocycles. The Labute approximate surface area is 169 Å². The van der Waals surface area contributed by atoms with Gasteiger partial charge in [0, 0.05) is 29.2 Å². The van der Waals surface area contributed by atoms with Gasteiger partial charge in [-0.05, 0) is 36.4 Å². The van der Waals surface area contributed by atoms with Crippen LogP contribution in [0.5, 0.6) is 5.75 Å². The molecule has 1 aromatic heterocycles. The number of anilines is 1. The number of aromatic nitrogens is 1. The number of nitrogens with two attached hydrogens (primary N) is 1. The number of aliphatic hydroxyl groups is 1. The zero-order valence-corrected chi connectivity index (χ0v) is 15.6. The van der Waals surface area contributed by atoms with Crippen molar-refractivity contribution in [1.82, 2.24) is 15.6 Å². The van der Waals surface area contributed by atoms with E-state index in [0.717, 1.165) is 18.2 Å². The quantitative estimate of drug-likeness (QED) is 0.322. The number of carbonyl (C=O) groups excluding carboxylic acids is 2. The minimum atomic E-state index is -0.817. The predicted molar refractivity (Wildman–Crippen MR) is 108 cm³/mol. The van der Waals surface area contributed by atoms with E-state index in [-0.39, 0.29) is 34.5 Å². The molecule has 0 saturated heterocycles. The molecule has 0 aliphatic rings. The molecular weight excluding hydrogens is 395 g/mol. The lowest BCUT2D eigenvalue weighted by Crippen LogP contribution is -2.46. The van der Waals surface area contributed by atoms with Crippen LogP contribution in [0.25, 0.3) is 10.9 Å². The Balaban J connectivity index is 1.68. The number of H-pyrrole nitrogens is 1. The van der Waals surface area contributed by atoms with E-state index in [1.54, 1.807) is 0 Å². The highest BCUT2D eigenvalue weighted by atomic mass is 19.1. The predicted octanol–water partition coefficient (Wildman–Crippen LogP) is 0.476. The molecule has 1 heterocycles. The molecule has 3 rings (SSSR count). The maximum atomic E-state index is 13.1. The molecule has 0 aliphatic carbocycles. The first-order valence-electron chi connectivity index (χ1n) is 8.89. The molecule has 2 amide bonds. The molecule has 30 heavy (non-hydrogen) atoms. The van der Waals surface area contributed by atoms with Crippen LogP contribution in [0.4, 0.5) is 10.1 Å². The third-order valence-corrected chi connectivity index (χ3v) is 4.41. The second-order valence-electron chi connectivity index (χ2n) is 6.57. The van der Waals surface area contributed by atoms with Gasteiger partial charge in [-0.15, -0.1) is 0 Å². The summed E-state index contributed by atoms with van der Waals surface area (Å²) in [4.78, 5) is 38.6. The fraction of sp³-hybridized carbons (Fsp3) is 0.150. The molecule has 156 valence electrons. The molecule has 0 saturated carbocycles. The largest absolute Gasteiger partial charge is 0.507 e. The maximum absolute atomic E-state index is 13.1. The van der Waals surface area contributed by atoms with Crippen molar-refractivity contribution < 1.29 is 24.2 Å². The molecule has 0 unspecified atom stereocenters. The van der Waals surface area contributed by atoms with Crippen molar-refractivity contribution >= 4 is 28.4 Å². The first-order chi connectivity index (χ1) is 14.3. The Hall–Kier alpha value is -3.92. The van der Waals surface area contributed by atoms with Crippen LogP contribution in [-0.4, -0.2) is 46.2 Å². The summed E-state index contributed by atoms with van der Waals surface area (Å²) in [6, 6.07) is 7.83. The Bertz CT molecular complexity index is 1180. The molecule has 0 radical (unpaired) electrons. The number of nitrogens with one attached hydrogen (secondary N) is 3. The van der Waals surface area contributed by atoms with Gasteiger partial charge in [0.05, 0.1) is 23.7 Å². The molecule has 2 aromatic carbocycles. The van der Waals surface area contributed by atoms with E-state index < -0.39 is 35.8 Å². The minimum Gasteiger partial charge on any atom is -0.507 e. The number of pyridine rings is 1. The summed E-state index contributed by atoms with van der Waals surface area (Å²) in [7, 11) is 0. The van der Waals surface area contributed by atoms with E-state index in [1.165, 1.54) is 24.3 Å². The van der Waals surface area contributed by atoms with Crippen molar-refractivity contribution in [2.45, 2.75) is 6.04 Å². The summed E-state index contributed by atoms with van der Waals surface area (Å²) in [5.74, 6) is -1.99. The number of nitrogen functional groups attached to an aromatic ring is 1. The second kappa shape index (κ2) is 8.62.